The second kappa shape index (κ2) is 4.84. The zero-order chi connectivity index (χ0) is 13.3. The van der Waals surface area contributed by atoms with Crippen LogP contribution in [-0.4, -0.2) is 28.1 Å². The summed E-state index contributed by atoms with van der Waals surface area (Å²) in [6, 6.07) is 2.34. The number of anilines is 2. The Hall–Kier alpha value is -1.78. The third-order valence-corrected chi connectivity index (χ3v) is 3.61. The molecule has 3 N–H and O–H groups in total. The Morgan fingerprint density at radius 3 is 2.61 bits per heavy atom. The van der Waals surface area contributed by atoms with Gasteiger partial charge in [-0.2, -0.15) is 0 Å². The van der Waals surface area contributed by atoms with Gasteiger partial charge < -0.3 is 15.7 Å². The summed E-state index contributed by atoms with van der Waals surface area (Å²) < 4.78 is 0. The third kappa shape index (κ3) is 2.25. The van der Waals surface area contributed by atoms with E-state index in [1.54, 1.807) is 6.07 Å². The van der Waals surface area contributed by atoms with Gasteiger partial charge in [-0.05, 0) is 39.2 Å². The summed E-state index contributed by atoms with van der Waals surface area (Å²) >= 11 is 0. The molecule has 1 aromatic heterocycles. The van der Waals surface area contributed by atoms with Crippen LogP contribution in [0.25, 0.3) is 0 Å². The fourth-order valence-electron chi connectivity index (χ4n) is 2.65. The van der Waals surface area contributed by atoms with E-state index in [-0.39, 0.29) is 11.3 Å². The highest BCUT2D eigenvalue weighted by Gasteiger charge is 2.26. The lowest BCUT2D eigenvalue weighted by atomic mass is 9.97. The summed E-state index contributed by atoms with van der Waals surface area (Å²) in [4.78, 5) is 17.6. The van der Waals surface area contributed by atoms with Crippen molar-refractivity contribution in [3.63, 3.8) is 0 Å². The van der Waals surface area contributed by atoms with Crippen molar-refractivity contribution in [2.24, 2.45) is 0 Å². The predicted molar refractivity (Wildman–Crippen MR) is 70.9 cm³/mol. The minimum Gasteiger partial charge on any atom is -0.478 e. The van der Waals surface area contributed by atoms with Gasteiger partial charge in [-0.15, -0.1) is 0 Å². The molecule has 2 atom stereocenters. The Morgan fingerprint density at radius 2 is 2.06 bits per heavy atom. The number of hydrogen-bond donors (Lipinski definition) is 2. The number of carboxylic acid groups (broad SMARTS) is 1. The van der Waals surface area contributed by atoms with E-state index in [0.717, 1.165) is 12.8 Å². The van der Waals surface area contributed by atoms with E-state index in [0.29, 0.717) is 17.9 Å². The van der Waals surface area contributed by atoms with E-state index in [9.17, 15) is 4.79 Å². The first-order chi connectivity index (χ1) is 8.50. The van der Waals surface area contributed by atoms with Crippen LogP contribution in [0.1, 0.15) is 43.5 Å². The summed E-state index contributed by atoms with van der Waals surface area (Å²) in [5.41, 5.74) is 5.97. The molecule has 2 rings (SSSR count). The van der Waals surface area contributed by atoms with Crippen LogP contribution in [0.3, 0.4) is 0 Å². The first-order valence-corrected chi connectivity index (χ1v) is 6.28. The number of carbonyl (C=O) groups is 1. The molecule has 0 saturated carbocycles. The SMILES string of the molecule is C[C@@H]1CCC[C@H](C)N1c1cc(C(=O)O)c(N)cn1. The van der Waals surface area contributed by atoms with Crippen LogP contribution in [-0.2, 0) is 0 Å². The highest BCUT2D eigenvalue weighted by atomic mass is 16.4. The number of hydrogen-bond acceptors (Lipinski definition) is 4. The molecule has 1 saturated heterocycles. The van der Waals surface area contributed by atoms with Gasteiger partial charge in [-0.25, -0.2) is 9.78 Å². The molecule has 1 fully saturated rings. The van der Waals surface area contributed by atoms with E-state index in [4.69, 9.17) is 10.8 Å². The van der Waals surface area contributed by atoms with Gasteiger partial charge >= 0.3 is 5.97 Å². The van der Waals surface area contributed by atoms with Gasteiger partial charge in [0.2, 0.25) is 0 Å². The minimum absolute atomic E-state index is 0.130. The van der Waals surface area contributed by atoms with E-state index >= 15 is 0 Å². The average molecular weight is 249 g/mol. The van der Waals surface area contributed by atoms with Crippen LogP contribution in [0.15, 0.2) is 12.3 Å². The maximum absolute atomic E-state index is 11.1. The standard InChI is InChI=1S/C13H19N3O2/c1-8-4-3-5-9(2)16(8)12-6-10(13(17)18)11(14)7-15-12/h6-9H,3-5,14H2,1-2H3,(H,17,18)/t8-,9+. The zero-order valence-electron chi connectivity index (χ0n) is 10.8. The van der Waals surface area contributed by atoms with Crippen molar-refractivity contribution in [1.82, 2.24) is 4.98 Å². The monoisotopic (exact) mass is 249 g/mol. The molecule has 1 aromatic rings. The lowest BCUT2D eigenvalue weighted by Crippen LogP contribution is -2.44. The first kappa shape index (κ1) is 12.7. The fraction of sp³-hybridized carbons (Fsp3) is 0.538. The fourth-order valence-corrected chi connectivity index (χ4v) is 2.65. The number of pyridine rings is 1. The normalized spacial score (nSPS) is 24.0. The van der Waals surface area contributed by atoms with Crippen molar-refractivity contribution >= 4 is 17.5 Å². The molecule has 1 aliphatic rings. The maximum atomic E-state index is 11.1. The minimum atomic E-state index is -1.01. The van der Waals surface area contributed by atoms with Crippen LogP contribution in [0.2, 0.25) is 0 Å². The van der Waals surface area contributed by atoms with Crippen molar-refractivity contribution in [3.8, 4) is 0 Å². The number of carboxylic acids is 1. The van der Waals surface area contributed by atoms with E-state index in [2.05, 4.69) is 23.7 Å². The largest absolute Gasteiger partial charge is 0.478 e. The Morgan fingerprint density at radius 1 is 1.44 bits per heavy atom. The summed E-state index contributed by atoms with van der Waals surface area (Å²) in [5.74, 6) is -0.297. The topological polar surface area (TPSA) is 79.5 Å². The number of nitrogens with zero attached hydrogens (tertiary/aromatic N) is 2. The molecule has 18 heavy (non-hydrogen) atoms. The highest BCUT2D eigenvalue weighted by Crippen LogP contribution is 2.29. The summed E-state index contributed by atoms with van der Waals surface area (Å²) in [6.07, 6.45) is 4.87. The number of nitrogen functional groups attached to an aromatic ring is 1. The Labute approximate surface area is 107 Å². The van der Waals surface area contributed by atoms with E-state index in [1.807, 2.05) is 0 Å². The van der Waals surface area contributed by atoms with Crippen molar-refractivity contribution in [2.45, 2.75) is 45.2 Å². The van der Waals surface area contributed by atoms with Gasteiger partial charge in [-0.3, -0.25) is 0 Å². The summed E-state index contributed by atoms with van der Waals surface area (Å²) in [6.45, 7) is 4.29. The molecule has 2 heterocycles. The first-order valence-electron chi connectivity index (χ1n) is 6.28. The zero-order valence-corrected chi connectivity index (χ0v) is 10.8. The molecule has 0 unspecified atom stereocenters. The van der Waals surface area contributed by atoms with Crippen molar-refractivity contribution in [3.05, 3.63) is 17.8 Å². The molecule has 5 nitrogen and oxygen atoms in total. The smallest absolute Gasteiger partial charge is 0.337 e. The van der Waals surface area contributed by atoms with Gasteiger partial charge in [0.1, 0.15) is 5.82 Å². The molecule has 98 valence electrons. The van der Waals surface area contributed by atoms with Crippen LogP contribution >= 0.6 is 0 Å². The molecule has 0 amide bonds. The molecule has 0 bridgehead atoms. The lowest BCUT2D eigenvalue weighted by Gasteiger charge is -2.40. The van der Waals surface area contributed by atoms with Gasteiger partial charge in [0, 0.05) is 12.1 Å². The molecule has 1 aliphatic heterocycles. The maximum Gasteiger partial charge on any atom is 0.337 e. The number of piperidine rings is 1. The summed E-state index contributed by atoms with van der Waals surface area (Å²) in [5, 5.41) is 9.09. The number of aromatic carboxylic acids is 1. The third-order valence-electron chi connectivity index (χ3n) is 3.61. The van der Waals surface area contributed by atoms with Crippen LogP contribution < -0.4 is 10.6 Å². The van der Waals surface area contributed by atoms with Crippen molar-refractivity contribution in [1.29, 1.82) is 0 Å². The molecule has 0 radical (unpaired) electrons. The second-order valence-electron chi connectivity index (χ2n) is 4.97. The van der Waals surface area contributed by atoms with Gasteiger partial charge in [0.05, 0.1) is 17.4 Å². The second-order valence-corrected chi connectivity index (χ2v) is 4.97. The van der Waals surface area contributed by atoms with Crippen LogP contribution in [0.5, 0.6) is 0 Å². The average Bonchev–Trinajstić information content (AvgIpc) is 2.30. The van der Waals surface area contributed by atoms with Crippen LogP contribution in [0.4, 0.5) is 11.5 Å². The quantitative estimate of drug-likeness (QED) is 0.839. The summed E-state index contributed by atoms with van der Waals surface area (Å²) in [7, 11) is 0. The van der Waals surface area contributed by atoms with E-state index < -0.39 is 5.97 Å². The number of aromatic nitrogens is 1. The molecular formula is C13H19N3O2. The Bertz CT molecular complexity index is 452. The Balaban J connectivity index is 2.38. The molecule has 0 spiro atoms. The molecule has 0 aromatic carbocycles. The van der Waals surface area contributed by atoms with Gasteiger partial charge in [-0.1, -0.05) is 0 Å². The highest BCUT2D eigenvalue weighted by molar-refractivity contribution is 5.94. The predicted octanol–water partition coefficient (Wildman–Crippen LogP) is 2.13. The van der Waals surface area contributed by atoms with Crippen LogP contribution in [0, 0.1) is 0 Å². The van der Waals surface area contributed by atoms with Gasteiger partial charge in [0.25, 0.3) is 0 Å². The van der Waals surface area contributed by atoms with Crippen molar-refractivity contribution in [2.75, 3.05) is 10.6 Å². The van der Waals surface area contributed by atoms with Crippen molar-refractivity contribution < 1.29 is 9.90 Å². The number of nitrogens with two attached hydrogens (primary N) is 1. The van der Waals surface area contributed by atoms with E-state index in [1.165, 1.54) is 12.6 Å². The lowest BCUT2D eigenvalue weighted by molar-refractivity contribution is 0.0698. The molecule has 0 aliphatic carbocycles. The number of rotatable bonds is 2. The Kier molecular flexibility index (Phi) is 3.41. The molecular weight excluding hydrogens is 230 g/mol. The molecule has 5 heteroatoms. The van der Waals surface area contributed by atoms with Gasteiger partial charge in [0.15, 0.2) is 0 Å².